The van der Waals surface area contributed by atoms with Gasteiger partial charge in [-0.3, -0.25) is 14.6 Å². The van der Waals surface area contributed by atoms with Crippen molar-refractivity contribution < 1.29 is 24.2 Å². The lowest BCUT2D eigenvalue weighted by Crippen LogP contribution is -2.44. The quantitative estimate of drug-likeness (QED) is 0.468. The Balaban J connectivity index is 1.53. The first-order valence-electron chi connectivity index (χ1n) is 12.9. The van der Waals surface area contributed by atoms with Crippen LogP contribution in [0.1, 0.15) is 51.5 Å². The Morgan fingerprint density at radius 2 is 2.11 bits per heavy atom. The number of hydrogen-bond acceptors (Lipinski definition) is 6. The molecular formula is C30H37NO5. The summed E-state index contributed by atoms with van der Waals surface area (Å²) in [6.07, 6.45) is 16.4. The topological polar surface area (TPSA) is 85.2 Å². The third-order valence-electron chi connectivity index (χ3n) is 8.16. The summed E-state index contributed by atoms with van der Waals surface area (Å²) in [5.41, 5.74) is 2.13. The van der Waals surface area contributed by atoms with E-state index in [4.69, 9.17) is 9.47 Å². The SMILES string of the molecule is COc1cc(CCC(=O)C[C@H](OC(C)=O)[C@@H]2C[C@@]3(C=CC=C[C@H]3C)CC[C@H]2C2=CCN=C2)ccc1O. The van der Waals surface area contributed by atoms with Gasteiger partial charge in [0.2, 0.25) is 0 Å². The Labute approximate surface area is 213 Å². The predicted molar refractivity (Wildman–Crippen MR) is 140 cm³/mol. The highest BCUT2D eigenvalue weighted by Gasteiger charge is 2.47. The highest BCUT2D eigenvalue weighted by molar-refractivity contribution is 5.82. The summed E-state index contributed by atoms with van der Waals surface area (Å²) < 4.78 is 11.1. The van der Waals surface area contributed by atoms with E-state index in [9.17, 15) is 14.7 Å². The van der Waals surface area contributed by atoms with Crippen LogP contribution in [0.2, 0.25) is 0 Å². The van der Waals surface area contributed by atoms with Crippen LogP contribution >= 0.6 is 0 Å². The van der Waals surface area contributed by atoms with E-state index in [1.54, 1.807) is 18.2 Å². The molecule has 1 aliphatic heterocycles. The number of ether oxygens (including phenoxy) is 2. The maximum Gasteiger partial charge on any atom is 0.302 e. The number of aromatic hydroxyl groups is 1. The number of carbonyl (C=O) groups excluding carboxylic acids is 2. The zero-order valence-corrected chi connectivity index (χ0v) is 21.5. The number of hydrogen-bond donors (Lipinski definition) is 1. The van der Waals surface area contributed by atoms with Crippen LogP contribution in [-0.4, -0.2) is 42.8 Å². The Hall–Kier alpha value is -3.15. The molecule has 0 unspecified atom stereocenters. The molecule has 1 aromatic rings. The number of benzene rings is 1. The summed E-state index contributed by atoms with van der Waals surface area (Å²) >= 11 is 0. The number of methoxy groups -OCH3 is 1. The number of phenols is 1. The molecule has 4 rings (SSSR count). The fourth-order valence-electron chi connectivity index (χ4n) is 6.11. The summed E-state index contributed by atoms with van der Waals surface area (Å²) in [6, 6.07) is 5.13. The van der Waals surface area contributed by atoms with Gasteiger partial charge >= 0.3 is 5.97 Å². The Morgan fingerprint density at radius 3 is 2.81 bits per heavy atom. The summed E-state index contributed by atoms with van der Waals surface area (Å²) in [5, 5.41) is 9.83. The molecule has 1 heterocycles. The first-order chi connectivity index (χ1) is 17.3. The lowest BCUT2D eigenvalue weighted by molar-refractivity contribution is -0.153. The van der Waals surface area contributed by atoms with E-state index in [0.29, 0.717) is 31.1 Å². The van der Waals surface area contributed by atoms with Crippen molar-refractivity contribution in [3.05, 3.63) is 59.7 Å². The van der Waals surface area contributed by atoms with E-state index in [1.165, 1.54) is 19.6 Å². The molecule has 0 radical (unpaired) electrons. The molecule has 36 heavy (non-hydrogen) atoms. The summed E-state index contributed by atoms with van der Waals surface area (Å²) in [7, 11) is 1.50. The van der Waals surface area contributed by atoms with E-state index in [0.717, 1.165) is 24.8 Å². The van der Waals surface area contributed by atoms with E-state index in [-0.39, 0.29) is 41.2 Å². The van der Waals surface area contributed by atoms with Crippen molar-refractivity contribution in [1.29, 1.82) is 0 Å². The van der Waals surface area contributed by atoms with Gasteiger partial charge in [0.05, 0.1) is 13.7 Å². The predicted octanol–water partition coefficient (Wildman–Crippen LogP) is 5.40. The lowest BCUT2D eigenvalue weighted by Gasteiger charge is -2.48. The number of allylic oxidation sites excluding steroid dienone is 5. The van der Waals surface area contributed by atoms with Crippen molar-refractivity contribution in [1.82, 2.24) is 0 Å². The van der Waals surface area contributed by atoms with E-state index in [2.05, 4.69) is 42.3 Å². The molecule has 1 spiro atoms. The molecule has 1 saturated carbocycles. The van der Waals surface area contributed by atoms with Crippen LogP contribution in [0.25, 0.3) is 0 Å². The van der Waals surface area contributed by atoms with Gasteiger partial charge in [-0.15, -0.1) is 0 Å². The van der Waals surface area contributed by atoms with Gasteiger partial charge in [-0.2, -0.15) is 0 Å². The Kier molecular flexibility index (Phi) is 8.12. The summed E-state index contributed by atoms with van der Waals surface area (Å²) in [6.45, 7) is 4.37. The molecule has 1 aromatic carbocycles. The van der Waals surface area contributed by atoms with E-state index in [1.807, 2.05) is 6.21 Å². The van der Waals surface area contributed by atoms with Crippen LogP contribution in [0.5, 0.6) is 11.5 Å². The van der Waals surface area contributed by atoms with Crippen molar-refractivity contribution >= 4 is 18.0 Å². The first-order valence-corrected chi connectivity index (χ1v) is 12.9. The Bertz CT molecular complexity index is 1100. The molecule has 1 N–H and O–H groups in total. The maximum atomic E-state index is 13.2. The Morgan fingerprint density at radius 1 is 1.28 bits per heavy atom. The van der Waals surface area contributed by atoms with Gasteiger partial charge in [0.25, 0.3) is 0 Å². The molecule has 5 atom stereocenters. The molecule has 2 aliphatic carbocycles. The van der Waals surface area contributed by atoms with Gasteiger partial charge in [0, 0.05) is 31.9 Å². The molecule has 0 bridgehead atoms. The molecule has 0 saturated heterocycles. The highest BCUT2D eigenvalue weighted by atomic mass is 16.5. The van der Waals surface area contributed by atoms with Crippen LogP contribution < -0.4 is 4.74 Å². The number of aryl methyl sites for hydroxylation is 1. The molecule has 1 fully saturated rings. The van der Waals surface area contributed by atoms with Gasteiger partial charge in [-0.25, -0.2) is 0 Å². The standard InChI is InChI=1S/C30H37NO5/c1-20-6-4-5-13-30(20)14-11-25(23-12-15-31-19-23)26(18-30)28(36-21(2)32)17-24(33)9-7-22-8-10-27(34)29(16-22)35-3/h4-6,8,10,12-13,16,19-20,25-26,28,34H,7,9,11,14-15,17-18H2,1-3H3/t20-,25+,26-,28+,30-/m1/s1. The van der Waals surface area contributed by atoms with Crippen LogP contribution in [0.3, 0.4) is 0 Å². The van der Waals surface area contributed by atoms with E-state index >= 15 is 0 Å². The molecular weight excluding hydrogens is 454 g/mol. The minimum absolute atomic E-state index is 0.0102. The van der Waals surface area contributed by atoms with Gasteiger partial charge in [0.15, 0.2) is 11.5 Å². The first kappa shape index (κ1) is 25.9. The minimum Gasteiger partial charge on any atom is -0.504 e. The fraction of sp³-hybridized carbons (Fsp3) is 0.500. The molecule has 3 aliphatic rings. The zero-order chi connectivity index (χ0) is 25.7. The van der Waals surface area contributed by atoms with Crippen molar-refractivity contribution in [2.75, 3.05) is 13.7 Å². The minimum atomic E-state index is -0.479. The third kappa shape index (κ3) is 5.80. The number of aliphatic imine (C=N–C) groups is 1. The normalized spacial score (nSPS) is 27.6. The van der Waals surface area contributed by atoms with Gasteiger partial charge in [0.1, 0.15) is 11.9 Å². The van der Waals surface area contributed by atoms with Crippen molar-refractivity contribution in [2.45, 2.75) is 58.5 Å². The monoisotopic (exact) mass is 491 g/mol. The average molecular weight is 492 g/mol. The maximum absolute atomic E-state index is 13.2. The number of carbonyl (C=O) groups is 2. The number of esters is 1. The van der Waals surface area contributed by atoms with Gasteiger partial charge in [-0.05, 0) is 66.2 Å². The van der Waals surface area contributed by atoms with Crippen molar-refractivity contribution in [3.8, 4) is 11.5 Å². The second kappa shape index (κ2) is 11.3. The van der Waals surface area contributed by atoms with Crippen LogP contribution in [0.4, 0.5) is 0 Å². The van der Waals surface area contributed by atoms with Crippen molar-refractivity contribution in [2.24, 2.45) is 28.2 Å². The molecule has 192 valence electrons. The number of ketones is 1. The smallest absolute Gasteiger partial charge is 0.302 e. The average Bonchev–Trinajstić information content (AvgIpc) is 3.39. The van der Waals surface area contributed by atoms with Gasteiger partial charge < -0.3 is 14.6 Å². The van der Waals surface area contributed by atoms with Crippen molar-refractivity contribution in [3.63, 3.8) is 0 Å². The van der Waals surface area contributed by atoms with E-state index < -0.39 is 6.10 Å². The number of nitrogens with zero attached hydrogens (tertiary/aromatic N) is 1. The highest BCUT2D eigenvalue weighted by Crippen LogP contribution is 2.53. The fourth-order valence-corrected chi connectivity index (χ4v) is 6.11. The summed E-state index contributed by atoms with van der Waals surface area (Å²) in [5.74, 6) is 0.814. The third-order valence-corrected chi connectivity index (χ3v) is 8.16. The number of Topliss-reactive ketones (excluding diaryl/α,β-unsaturated/α-hetero) is 1. The molecule has 0 aromatic heterocycles. The van der Waals surface area contributed by atoms with Crippen LogP contribution in [0.15, 0.2) is 59.1 Å². The number of phenolic OH excluding ortho intramolecular Hbond substituents is 1. The second-order valence-electron chi connectivity index (χ2n) is 10.4. The lowest BCUT2D eigenvalue weighted by atomic mass is 9.57. The molecule has 0 amide bonds. The van der Waals surface area contributed by atoms with Gasteiger partial charge in [-0.1, -0.05) is 43.4 Å². The zero-order valence-electron chi connectivity index (χ0n) is 21.5. The second-order valence-corrected chi connectivity index (χ2v) is 10.4. The largest absolute Gasteiger partial charge is 0.504 e. The molecule has 6 heteroatoms. The molecule has 6 nitrogen and oxygen atoms in total. The van der Waals surface area contributed by atoms with Crippen LogP contribution in [-0.2, 0) is 20.7 Å². The van der Waals surface area contributed by atoms with Crippen LogP contribution in [0, 0.1) is 23.2 Å². The summed E-state index contributed by atoms with van der Waals surface area (Å²) in [4.78, 5) is 29.8. The number of rotatable bonds is 9.